The fraction of sp³-hybridized carbons (Fsp3) is 0.500. The Balaban J connectivity index is 2.02. The predicted molar refractivity (Wildman–Crippen MR) is 80.0 cm³/mol. The smallest absolute Gasteiger partial charge is 0.201 e. The number of halogens is 2. The zero-order chi connectivity index (χ0) is 14.3. The van der Waals surface area contributed by atoms with Crippen molar-refractivity contribution in [1.29, 1.82) is 0 Å². The van der Waals surface area contributed by atoms with Crippen molar-refractivity contribution in [3.63, 3.8) is 0 Å². The molecule has 108 valence electrons. The molecule has 2 N–H and O–H groups in total. The summed E-state index contributed by atoms with van der Waals surface area (Å²) in [4.78, 5) is 4.32. The molecule has 1 aromatic carbocycles. The molecule has 2 aromatic rings. The monoisotopic (exact) mass is 341 g/mol. The van der Waals surface area contributed by atoms with Crippen molar-refractivity contribution in [2.45, 2.75) is 26.3 Å². The van der Waals surface area contributed by atoms with E-state index in [1.54, 1.807) is 6.07 Å². The number of anilines is 1. The highest BCUT2D eigenvalue weighted by Gasteiger charge is 2.29. The zero-order valence-corrected chi connectivity index (χ0v) is 12.9. The quantitative estimate of drug-likeness (QED) is 0.911. The van der Waals surface area contributed by atoms with E-state index in [1.165, 1.54) is 6.07 Å². The van der Waals surface area contributed by atoms with Gasteiger partial charge in [-0.2, -0.15) is 0 Å². The third-order valence-electron chi connectivity index (χ3n) is 4.06. The number of nitrogens with two attached hydrogens (primary N) is 1. The molecule has 1 fully saturated rings. The first kappa shape index (κ1) is 13.8. The molecule has 0 aliphatic carbocycles. The van der Waals surface area contributed by atoms with Crippen molar-refractivity contribution in [3.05, 3.63) is 22.4 Å². The Morgan fingerprint density at radius 1 is 1.45 bits per heavy atom. The summed E-state index contributed by atoms with van der Waals surface area (Å²) in [6.45, 7) is 4.49. The molecule has 6 heteroatoms. The molecule has 0 radical (unpaired) electrons. The van der Waals surface area contributed by atoms with Gasteiger partial charge in [-0.3, -0.25) is 0 Å². The van der Waals surface area contributed by atoms with Crippen molar-refractivity contribution in [2.24, 2.45) is 5.41 Å². The fourth-order valence-electron chi connectivity index (χ4n) is 2.71. The Labute approximate surface area is 125 Å². The number of imidazole rings is 1. The summed E-state index contributed by atoms with van der Waals surface area (Å²) < 4.78 is 21.5. The average molecular weight is 342 g/mol. The van der Waals surface area contributed by atoms with Crippen LogP contribution >= 0.6 is 15.9 Å². The summed E-state index contributed by atoms with van der Waals surface area (Å²) >= 11 is 3.18. The fourth-order valence-corrected chi connectivity index (χ4v) is 3.04. The van der Waals surface area contributed by atoms with E-state index in [1.807, 2.05) is 4.57 Å². The zero-order valence-electron chi connectivity index (χ0n) is 11.3. The minimum absolute atomic E-state index is 0.115. The van der Waals surface area contributed by atoms with Crippen molar-refractivity contribution in [2.75, 3.05) is 18.9 Å². The summed E-state index contributed by atoms with van der Waals surface area (Å²) in [6, 6.07) is 3.16. The van der Waals surface area contributed by atoms with Gasteiger partial charge in [0.2, 0.25) is 5.95 Å². The summed E-state index contributed by atoms with van der Waals surface area (Å²) in [5, 5.41) is 0. The second-order valence-corrected chi connectivity index (χ2v) is 6.59. The first-order valence-electron chi connectivity index (χ1n) is 6.67. The maximum absolute atomic E-state index is 13.8. The highest BCUT2D eigenvalue weighted by atomic mass is 79.9. The Morgan fingerprint density at radius 3 is 2.85 bits per heavy atom. The lowest BCUT2D eigenvalue weighted by atomic mass is 9.82. The van der Waals surface area contributed by atoms with E-state index in [0.717, 1.165) is 38.1 Å². The average Bonchev–Trinajstić information content (AvgIpc) is 2.67. The van der Waals surface area contributed by atoms with Crippen LogP contribution in [0.5, 0.6) is 0 Å². The number of hydrogen-bond donors (Lipinski definition) is 1. The van der Waals surface area contributed by atoms with E-state index in [2.05, 4.69) is 27.8 Å². The van der Waals surface area contributed by atoms with E-state index in [-0.39, 0.29) is 11.2 Å². The molecule has 0 spiro atoms. The number of nitrogen functional groups attached to an aromatic ring is 1. The minimum Gasteiger partial charge on any atom is -0.381 e. The topological polar surface area (TPSA) is 53.1 Å². The molecule has 0 unspecified atom stereocenters. The van der Waals surface area contributed by atoms with Gasteiger partial charge in [0.15, 0.2) is 0 Å². The third-order valence-corrected chi connectivity index (χ3v) is 4.67. The van der Waals surface area contributed by atoms with Crippen LogP contribution in [-0.4, -0.2) is 22.8 Å². The molecule has 0 atom stereocenters. The molecule has 1 aliphatic rings. The summed E-state index contributed by atoms with van der Waals surface area (Å²) in [6.07, 6.45) is 1.95. The van der Waals surface area contributed by atoms with Crippen LogP contribution in [0.15, 0.2) is 16.6 Å². The maximum atomic E-state index is 13.8. The van der Waals surface area contributed by atoms with Gasteiger partial charge in [0.25, 0.3) is 0 Å². The highest BCUT2D eigenvalue weighted by Crippen LogP contribution is 2.34. The molecule has 0 amide bonds. The number of ether oxygens (including phenoxy) is 1. The Morgan fingerprint density at radius 2 is 2.15 bits per heavy atom. The van der Waals surface area contributed by atoms with Gasteiger partial charge in [-0.05, 0) is 40.3 Å². The molecule has 1 aliphatic heterocycles. The Kier molecular flexibility index (Phi) is 3.46. The van der Waals surface area contributed by atoms with Gasteiger partial charge in [-0.25, -0.2) is 9.37 Å². The predicted octanol–water partition coefficient (Wildman–Crippen LogP) is 3.34. The molecular formula is C14H17BrFN3O. The van der Waals surface area contributed by atoms with E-state index in [0.29, 0.717) is 15.9 Å². The van der Waals surface area contributed by atoms with Crippen molar-refractivity contribution in [3.8, 4) is 0 Å². The summed E-state index contributed by atoms with van der Waals surface area (Å²) in [5.41, 5.74) is 7.59. The molecule has 2 heterocycles. The van der Waals surface area contributed by atoms with Crippen molar-refractivity contribution < 1.29 is 9.13 Å². The lowest BCUT2D eigenvalue weighted by Gasteiger charge is -2.34. The second-order valence-electron chi connectivity index (χ2n) is 5.73. The molecular weight excluding hydrogens is 325 g/mol. The molecule has 1 aromatic heterocycles. The van der Waals surface area contributed by atoms with Crippen LogP contribution < -0.4 is 5.73 Å². The normalized spacial score (nSPS) is 18.6. The molecule has 20 heavy (non-hydrogen) atoms. The van der Waals surface area contributed by atoms with Gasteiger partial charge in [-0.1, -0.05) is 6.92 Å². The van der Waals surface area contributed by atoms with Gasteiger partial charge in [0, 0.05) is 25.8 Å². The molecule has 4 nitrogen and oxygen atoms in total. The number of fused-ring (bicyclic) bond motifs is 1. The van der Waals surface area contributed by atoms with Gasteiger partial charge in [-0.15, -0.1) is 0 Å². The van der Waals surface area contributed by atoms with Crippen LogP contribution in [0, 0.1) is 11.2 Å². The third kappa shape index (κ3) is 2.42. The van der Waals surface area contributed by atoms with Crippen LogP contribution in [0.25, 0.3) is 11.0 Å². The summed E-state index contributed by atoms with van der Waals surface area (Å²) in [7, 11) is 0. The number of aromatic nitrogens is 2. The first-order valence-corrected chi connectivity index (χ1v) is 7.46. The van der Waals surface area contributed by atoms with E-state index in [4.69, 9.17) is 10.5 Å². The van der Waals surface area contributed by atoms with Crippen LogP contribution in [0.1, 0.15) is 19.8 Å². The highest BCUT2D eigenvalue weighted by molar-refractivity contribution is 9.10. The lowest BCUT2D eigenvalue weighted by molar-refractivity contribution is 0.0163. The molecule has 0 bridgehead atoms. The summed E-state index contributed by atoms with van der Waals surface area (Å²) in [5.74, 6) is 0.140. The Hall–Kier alpha value is -1.14. The molecule has 3 rings (SSSR count). The number of nitrogens with zero attached hydrogens (tertiary/aromatic N) is 2. The number of hydrogen-bond acceptors (Lipinski definition) is 3. The van der Waals surface area contributed by atoms with E-state index >= 15 is 0 Å². The van der Waals surface area contributed by atoms with Gasteiger partial charge >= 0.3 is 0 Å². The lowest BCUT2D eigenvalue weighted by Crippen LogP contribution is -2.31. The second kappa shape index (κ2) is 5.00. The van der Waals surface area contributed by atoms with Crippen LogP contribution in [0.4, 0.5) is 10.3 Å². The number of rotatable bonds is 2. The maximum Gasteiger partial charge on any atom is 0.201 e. The van der Waals surface area contributed by atoms with Crippen LogP contribution in [0.2, 0.25) is 0 Å². The van der Waals surface area contributed by atoms with Crippen molar-refractivity contribution in [1.82, 2.24) is 9.55 Å². The molecule has 1 saturated heterocycles. The number of benzene rings is 1. The van der Waals surface area contributed by atoms with E-state index < -0.39 is 0 Å². The standard InChI is InChI=1S/C14H17BrFN3O/c1-14(2-4-20-5-3-14)8-19-12-7-10(16)9(15)6-11(12)18-13(19)17/h6-7H,2-5,8H2,1H3,(H2,17,18). The van der Waals surface area contributed by atoms with Crippen molar-refractivity contribution >= 4 is 32.9 Å². The van der Waals surface area contributed by atoms with Crippen LogP contribution in [0.3, 0.4) is 0 Å². The Bertz CT molecular complexity index is 649. The molecule has 0 saturated carbocycles. The minimum atomic E-state index is -0.296. The van der Waals surface area contributed by atoms with E-state index in [9.17, 15) is 4.39 Å². The largest absolute Gasteiger partial charge is 0.381 e. The van der Waals surface area contributed by atoms with Crippen LogP contribution in [-0.2, 0) is 11.3 Å². The van der Waals surface area contributed by atoms with Gasteiger partial charge in [0.1, 0.15) is 5.82 Å². The SMILES string of the molecule is CC1(Cn2c(N)nc3cc(Br)c(F)cc32)CCOCC1. The first-order chi connectivity index (χ1) is 9.48. The van der Waals surface area contributed by atoms with Gasteiger partial charge < -0.3 is 15.0 Å². The van der Waals surface area contributed by atoms with Gasteiger partial charge in [0.05, 0.1) is 15.5 Å².